The van der Waals surface area contributed by atoms with E-state index in [1.165, 1.54) is 23.9 Å². The summed E-state index contributed by atoms with van der Waals surface area (Å²) in [5, 5.41) is 22.2. The largest absolute Gasteiger partial charge is 0.504 e. The Labute approximate surface area is 141 Å². The molecule has 1 amide bonds. The van der Waals surface area contributed by atoms with Gasteiger partial charge in [0.2, 0.25) is 0 Å². The van der Waals surface area contributed by atoms with Crippen LogP contribution in [0, 0.1) is 0 Å². The molecular formula is C16H11ClN2O3S. The minimum Gasteiger partial charge on any atom is -0.504 e. The molecule has 3 N–H and O–H groups in total. The predicted molar refractivity (Wildman–Crippen MR) is 92.0 cm³/mol. The smallest absolute Gasteiger partial charge is 0.264 e. The van der Waals surface area contributed by atoms with Gasteiger partial charge in [0.15, 0.2) is 16.7 Å². The van der Waals surface area contributed by atoms with Crippen molar-refractivity contribution in [3.63, 3.8) is 0 Å². The first kappa shape index (κ1) is 15.5. The number of carbonyl (C=O) groups excluding carboxylic acids is 1. The maximum absolute atomic E-state index is 12.0. The van der Waals surface area contributed by atoms with Crippen molar-refractivity contribution in [3.05, 3.63) is 58.0 Å². The van der Waals surface area contributed by atoms with Crippen molar-refractivity contribution in [2.75, 3.05) is 0 Å². The lowest BCUT2D eigenvalue weighted by atomic mass is 10.2. The maximum atomic E-state index is 12.0. The number of aromatic hydroxyl groups is 2. The molecule has 1 fully saturated rings. The molecule has 0 aliphatic carbocycles. The van der Waals surface area contributed by atoms with E-state index < -0.39 is 0 Å². The molecule has 0 atom stereocenters. The van der Waals surface area contributed by atoms with E-state index in [1.54, 1.807) is 6.08 Å². The Bertz CT molecular complexity index is 811. The summed E-state index contributed by atoms with van der Waals surface area (Å²) in [5.41, 5.74) is 1.24. The molecule has 5 nitrogen and oxygen atoms in total. The summed E-state index contributed by atoms with van der Waals surface area (Å²) in [6, 6.07) is 12.1. The molecule has 0 unspecified atom stereocenters. The Balaban J connectivity index is 1.87. The molecule has 1 aliphatic heterocycles. The summed E-state index contributed by atoms with van der Waals surface area (Å²) in [6.07, 6.45) is 1.57. The highest BCUT2D eigenvalue weighted by Crippen LogP contribution is 2.36. The average Bonchev–Trinajstić information content (AvgIpc) is 2.85. The van der Waals surface area contributed by atoms with Crippen LogP contribution in [0.2, 0.25) is 5.02 Å². The van der Waals surface area contributed by atoms with Crippen LogP contribution in [-0.4, -0.2) is 21.3 Å². The number of hydrogen-bond acceptors (Lipinski definition) is 5. The van der Waals surface area contributed by atoms with Gasteiger partial charge in [0.1, 0.15) is 0 Å². The van der Waals surface area contributed by atoms with Gasteiger partial charge < -0.3 is 15.5 Å². The molecular weight excluding hydrogens is 336 g/mol. The highest BCUT2D eigenvalue weighted by atomic mass is 35.5. The second kappa shape index (κ2) is 6.36. The summed E-state index contributed by atoms with van der Waals surface area (Å²) < 4.78 is 0. The van der Waals surface area contributed by atoms with Gasteiger partial charge in [-0.3, -0.25) is 4.79 Å². The maximum Gasteiger partial charge on any atom is 0.264 e. The molecule has 0 spiro atoms. The van der Waals surface area contributed by atoms with Crippen molar-refractivity contribution >= 4 is 46.2 Å². The topological polar surface area (TPSA) is 81.9 Å². The van der Waals surface area contributed by atoms with Crippen LogP contribution in [0.25, 0.3) is 6.08 Å². The van der Waals surface area contributed by atoms with E-state index in [2.05, 4.69) is 10.3 Å². The number of para-hydroxylation sites is 1. The van der Waals surface area contributed by atoms with Gasteiger partial charge in [-0.15, -0.1) is 0 Å². The third kappa shape index (κ3) is 3.49. The van der Waals surface area contributed by atoms with Crippen LogP contribution < -0.4 is 5.32 Å². The van der Waals surface area contributed by atoms with Crippen LogP contribution >= 0.6 is 23.4 Å². The Morgan fingerprint density at radius 3 is 2.61 bits per heavy atom. The first-order valence-electron chi connectivity index (χ1n) is 6.59. The van der Waals surface area contributed by atoms with E-state index in [9.17, 15) is 15.0 Å². The second-order valence-corrected chi connectivity index (χ2v) is 6.13. The molecule has 0 bridgehead atoms. The zero-order valence-corrected chi connectivity index (χ0v) is 13.2. The number of phenols is 2. The highest BCUT2D eigenvalue weighted by Gasteiger charge is 2.24. The average molecular weight is 347 g/mol. The van der Waals surface area contributed by atoms with Crippen LogP contribution in [0.1, 0.15) is 5.56 Å². The molecule has 1 aliphatic rings. The van der Waals surface area contributed by atoms with Gasteiger partial charge in [-0.25, -0.2) is 4.99 Å². The first-order valence-corrected chi connectivity index (χ1v) is 7.78. The number of aliphatic imine (C=N–C) groups is 1. The number of nitrogens with one attached hydrogen (secondary N) is 1. The summed E-state index contributed by atoms with van der Waals surface area (Å²) in [7, 11) is 0. The second-order valence-electron chi connectivity index (χ2n) is 4.69. The number of rotatable bonds is 2. The lowest BCUT2D eigenvalue weighted by Gasteiger charge is -2.02. The van der Waals surface area contributed by atoms with E-state index >= 15 is 0 Å². The first-order chi connectivity index (χ1) is 11.0. The van der Waals surface area contributed by atoms with Gasteiger partial charge in [0.05, 0.1) is 15.6 Å². The van der Waals surface area contributed by atoms with Gasteiger partial charge in [-0.05, 0) is 47.7 Å². The van der Waals surface area contributed by atoms with Crippen LogP contribution in [0.5, 0.6) is 11.5 Å². The molecule has 7 heteroatoms. The van der Waals surface area contributed by atoms with E-state index in [-0.39, 0.29) is 22.4 Å². The highest BCUT2D eigenvalue weighted by molar-refractivity contribution is 8.18. The lowest BCUT2D eigenvalue weighted by molar-refractivity contribution is -0.115. The van der Waals surface area contributed by atoms with Crippen LogP contribution in [-0.2, 0) is 4.79 Å². The lowest BCUT2D eigenvalue weighted by Crippen LogP contribution is -2.19. The van der Waals surface area contributed by atoms with Gasteiger partial charge in [0, 0.05) is 0 Å². The van der Waals surface area contributed by atoms with Crippen LogP contribution in [0.3, 0.4) is 0 Å². The van der Waals surface area contributed by atoms with Crippen molar-refractivity contribution in [2.24, 2.45) is 4.99 Å². The van der Waals surface area contributed by atoms with Gasteiger partial charge in [-0.1, -0.05) is 29.8 Å². The van der Waals surface area contributed by atoms with Gasteiger partial charge >= 0.3 is 0 Å². The minimum atomic E-state index is -0.385. The molecule has 116 valence electrons. The fourth-order valence-electron chi connectivity index (χ4n) is 1.94. The van der Waals surface area contributed by atoms with Crippen molar-refractivity contribution in [2.45, 2.75) is 0 Å². The standard InChI is InChI=1S/C16H11ClN2O3S/c17-11-6-9(7-12(20)14(11)21)8-13-15(22)19-16(23-13)18-10-4-2-1-3-5-10/h1-8,20-21H,(H,18,19,22)/b13-8-. The monoisotopic (exact) mass is 346 g/mol. The number of benzene rings is 2. The van der Waals surface area contributed by atoms with E-state index in [1.807, 2.05) is 30.3 Å². The molecule has 1 saturated heterocycles. The molecule has 0 radical (unpaired) electrons. The number of hydrogen-bond donors (Lipinski definition) is 3. The van der Waals surface area contributed by atoms with Gasteiger partial charge in [0.25, 0.3) is 5.91 Å². The van der Waals surface area contributed by atoms with Crippen LogP contribution in [0.4, 0.5) is 5.69 Å². The number of thioether (sulfide) groups is 1. The molecule has 2 aromatic carbocycles. The predicted octanol–water partition coefficient (Wildman–Crippen LogP) is 3.64. The van der Waals surface area contributed by atoms with Gasteiger partial charge in [-0.2, -0.15) is 0 Å². The van der Waals surface area contributed by atoms with E-state index in [0.29, 0.717) is 15.6 Å². The molecule has 2 aromatic rings. The van der Waals surface area contributed by atoms with E-state index in [4.69, 9.17) is 11.6 Å². The molecule has 3 rings (SSSR count). The quantitative estimate of drug-likeness (QED) is 0.572. The molecule has 0 saturated carbocycles. The van der Waals surface area contributed by atoms with Crippen molar-refractivity contribution < 1.29 is 15.0 Å². The summed E-state index contributed by atoms with van der Waals surface area (Å²) >= 11 is 6.99. The number of amides is 1. The Morgan fingerprint density at radius 1 is 1.17 bits per heavy atom. The minimum absolute atomic E-state index is 0.0124. The van der Waals surface area contributed by atoms with Crippen molar-refractivity contribution in [1.29, 1.82) is 0 Å². The van der Waals surface area contributed by atoms with Crippen molar-refractivity contribution in [3.8, 4) is 11.5 Å². The summed E-state index contributed by atoms with van der Waals surface area (Å²) in [4.78, 5) is 16.7. The number of phenolic OH excluding ortho intramolecular Hbond substituents is 2. The zero-order chi connectivity index (χ0) is 16.4. The molecule has 1 heterocycles. The van der Waals surface area contributed by atoms with E-state index in [0.717, 1.165) is 5.69 Å². The Morgan fingerprint density at radius 2 is 1.91 bits per heavy atom. The van der Waals surface area contributed by atoms with Crippen LogP contribution in [0.15, 0.2) is 52.4 Å². The normalized spacial score (nSPS) is 17.7. The number of nitrogens with zero attached hydrogens (tertiary/aromatic N) is 1. The fourth-order valence-corrected chi connectivity index (χ4v) is 3.00. The fraction of sp³-hybridized carbons (Fsp3) is 0. The third-order valence-corrected chi connectivity index (χ3v) is 4.20. The summed E-state index contributed by atoms with van der Waals surface area (Å²) in [6.45, 7) is 0. The molecule has 0 aromatic heterocycles. The zero-order valence-electron chi connectivity index (χ0n) is 11.7. The number of halogens is 1. The van der Waals surface area contributed by atoms with Crippen molar-refractivity contribution in [1.82, 2.24) is 5.32 Å². The summed E-state index contributed by atoms with van der Waals surface area (Å²) in [5.74, 6) is -1.01. The Kier molecular flexibility index (Phi) is 4.27. The number of carbonyl (C=O) groups is 1. The third-order valence-electron chi connectivity index (χ3n) is 3.00. The molecule has 23 heavy (non-hydrogen) atoms. The SMILES string of the molecule is O=C1NC(=Nc2ccccc2)S/C1=C\c1cc(O)c(O)c(Cl)c1. The Hall–Kier alpha value is -2.44. The number of amidine groups is 1.